The van der Waals surface area contributed by atoms with Gasteiger partial charge in [-0.3, -0.25) is 5.10 Å². The highest BCUT2D eigenvalue weighted by Crippen LogP contribution is 2.35. The van der Waals surface area contributed by atoms with Crippen molar-refractivity contribution in [3.63, 3.8) is 0 Å². The maximum absolute atomic E-state index is 6.04. The lowest BCUT2D eigenvalue weighted by molar-refractivity contribution is 0.0302. The lowest BCUT2D eigenvalue weighted by Crippen LogP contribution is -2.45. The standard InChI is InChI=1S/C20H25N7O2/c1-13-12-28-7-6-26(13)17-8-19(25-10-14-2-3-15(11-25)29-14)23-20-16(17)9-22-27(20)18-4-5-21-24-18/h4-5,8-9,13-15H,2-3,6-7,10-12H2,1H3,(H,21,24)/t13-,14?,15?/m1/s1. The molecule has 0 spiro atoms. The summed E-state index contributed by atoms with van der Waals surface area (Å²) in [5.74, 6) is 1.73. The smallest absolute Gasteiger partial charge is 0.177 e. The average molecular weight is 395 g/mol. The van der Waals surface area contributed by atoms with Gasteiger partial charge >= 0.3 is 0 Å². The van der Waals surface area contributed by atoms with Crippen LogP contribution in [0.25, 0.3) is 16.9 Å². The number of aromatic nitrogens is 5. The summed E-state index contributed by atoms with van der Waals surface area (Å²) in [6.45, 7) is 6.32. The number of pyridine rings is 1. The Morgan fingerprint density at radius 2 is 2.03 bits per heavy atom. The SMILES string of the molecule is C[C@@H]1COCCN1c1cc(N2CC3CCC(C2)O3)nc2c1cnn2-c1cc[nH]n1. The molecule has 1 N–H and O–H groups in total. The summed E-state index contributed by atoms with van der Waals surface area (Å²) in [5, 5.41) is 12.8. The van der Waals surface area contributed by atoms with Crippen molar-refractivity contribution in [1.82, 2.24) is 25.0 Å². The highest BCUT2D eigenvalue weighted by molar-refractivity contribution is 5.92. The number of fused-ring (bicyclic) bond motifs is 3. The van der Waals surface area contributed by atoms with Gasteiger partial charge in [0.25, 0.3) is 0 Å². The quantitative estimate of drug-likeness (QED) is 0.723. The fourth-order valence-electron chi connectivity index (χ4n) is 4.80. The molecular formula is C20H25N7O2. The Morgan fingerprint density at radius 3 is 2.79 bits per heavy atom. The molecule has 3 aliphatic rings. The van der Waals surface area contributed by atoms with Gasteiger partial charge in [-0.2, -0.15) is 14.9 Å². The lowest BCUT2D eigenvalue weighted by Gasteiger charge is -2.37. The van der Waals surface area contributed by atoms with Gasteiger partial charge in [-0.25, -0.2) is 4.98 Å². The Hall–Kier alpha value is -2.65. The third-order valence-corrected chi connectivity index (χ3v) is 6.25. The van der Waals surface area contributed by atoms with Crippen molar-refractivity contribution in [1.29, 1.82) is 0 Å². The molecule has 3 atom stereocenters. The van der Waals surface area contributed by atoms with E-state index in [9.17, 15) is 0 Å². The molecule has 0 radical (unpaired) electrons. The van der Waals surface area contributed by atoms with Crippen molar-refractivity contribution in [3.05, 3.63) is 24.5 Å². The van der Waals surface area contributed by atoms with Gasteiger partial charge in [-0.05, 0) is 19.8 Å². The summed E-state index contributed by atoms with van der Waals surface area (Å²) in [6, 6.07) is 4.44. The number of H-pyrrole nitrogens is 1. The third-order valence-electron chi connectivity index (χ3n) is 6.25. The van der Waals surface area contributed by atoms with Crippen molar-refractivity contribution in [2.24, 2.45) is 0 Å². The van der Waals surface area contributed by atoms with Crippen LogP contribution in [0.3, 0.4) is 0 Å². The number of morpholine rings is 2. The summed E-state index contributed by atoms with van der Waals surface area (Å²) in [4.78, 5) is 9.85. The molecule has 2 unspecified atom stereocenters. The van der Waals surface area contributed by atoms with Gasteiger partial charge in [0.05, 0.1) is 42.7 Å². The van der Waals surface area contributed by atoms with Crippen molar-refractivity contribution in [3.8, 4) is 5.82 Å². The Labute approximate surface area is 168 Å². The van der Waals surface area contributed by atoms with E-state index in [0.29, 0.717) is 18.2 Å². The zero-order valence-corrected chi connectivity index (χ0v) is 16.5. The molecule has 9 heteroatoms. The van der Waals surface area contributed by atoms with E-state index >= 15 is 0 Å². The molecule has 0 amide bonds. The van der Waals surface area contributed by atoms with Crippen LogP contribution in [0, 0.1) is 0 Å². The fourth-order valence-corrected chi connectivity index (χ4v) is 4.80. The largest absolute Gasteiger partial charge is 0.377 e. The minimum atomic E-state index is 0.303. The van der Waals surface area contributed by atoms with E-state index in [1.165, 1.54) is 5.69 Å². The van der Waals surface area contributed by atoms with E-state index in [0.717, 1.165) is 68.4 Å². The van der Waals surface area contributed by atoms with E-state index in [1.807, 2.05) is 16.9 Å². The maximum atomic E-state index is 6.04. The molecular weight excluding hydrogens is 370 g/mol. The van der Waals surface area contributed by atoms with Gasteiger partial charge < -0.3 is 19.3 Å². The van der Waals surface area contributed by atoms with Crippen LogP contribution in [-0.2, 0) is 9.47 Å². The molecule has 3 fully saturated rings. The number of anilines is 2. The average Bonchev–Trinajstić information content (AvgIpc) is 3.47. The molecule has 3 aromatic heterocycles. The van der Waals surface area contributed by atoms with Crippen LogP contribution in [0.1, 0.15) is 19.8 Å². The summed E-state index contributed by atoms with van der Waals surface area (Å²) < 4.78 is 13.5. The Kier molecular flexibility index (Phi) is 3.98. The van der Waals surface area contributed by atoms with Gasteiger partial charge in [0.1, 0.15) is 5.82 Å². The van der Waals surface area contributed by atoms with E-state index in [-0.39, 0.29) is 0 Å². The highest BCUT2D eigenvalue weighted by Gasteiger charge is 2.35. The van der Waals surface area contributed by atoms with Crippen molar-refractivity contribution in [2.45, 2.75) is 38.0 Å². The molecule has 0 aliphatic carbocycles. The van der Waals surface area contributed by atoms with E-state index < -0.39 is 0 Å². The predicted octanol–water partition coefficient (Wildman–Crippen LogP) is 1.74. The molecule has 3 aromatic rings. The number of rotatable bonds is 3. The van der Waals surface area contributed by atoms with Crippen molar-refractivity contribution in [2.75, 3.05) is 42.6 Å². The van der Waals surface area contributed by atoms with Crippen LogP contribution >= 0.6 is 0 Å². The molecule has 9 nitrogen and oxygen atoms in total. The number of nitrogens with zero attached hydrogens (tertiary/aromatic N) is 6. The minimum Gasteiger partial charge on any atom is -0.377 e. The van der Waals surface area contributed by atoms with Crippen LogP contribution in [0.2, 0.25) is 0 Å². The van der Waals surface area contributed by atoms with Crippen LogP contribution < -0.4 is 9.80 Å². The number of hydrogen-bond donors (Lipinski definition) is 1. The number of ether oxygens (including phenoxy) is 2. The predicted molar refractivity (Wildman–Crippen MR) is 109 cm³/mol. The summed E-state index contributed by atoms with van der Waals surface area (Å²) in [5.41, 5.74) is 2.00. The van der Waals surface area contributed by atoms with Gasteiger partial charge in [0, 0.05) is 44.0 Å². The molecule has 29 heavy (non-hydrogen) atoms. The van der Waals surface area contributed by atoms with Crippen molar-refractivity contribution < 1.29 is 9.47 Å². The van der Waals surface area contributed by atoms with Crippen LogP contribution in [-0.4, -0.2) is 76.1 Å². The molecule has 3 saturated heterocycles. The zero-order valence-electron chi connectivity index (χ0n) is 16.5. The molecule has 0 saturated carbocycles. The highest BCUT2D eigenvalue weighted by atomic mass is 16.5. The Bertz CT molecular complexity index is 1010. The second kappa shape index (κ2) is 6.70. The first kappa shape index (κ1) is 17.2. The molecule has 152 valence electrons. The van der Waals surface area contributed by atoms with E-state index in [2.05, 4.69) is 38.1 Å². The topological polar surface area (TPSA) is 84.3 Å². The maximum Gasteiger partial charge on any atom is 0.177 e. The van der Waals surface area contributed by atoms with Crippen LogP contribution in [0.5, 0.6) is 0 Å². The molecule has 0 aromatic carbocycles. The molecule has 6 heterocycles. The van der Waals surface area contributed by atoms with Gasteiger partial charge in [0.2, 0.25) is 0 Å². The van der Waals surface area contributed by atoms with Gasteiger partial charge in [-0.1, -0.05) is 0 Å². The first-order valence-electron chi connectivity index (χ1n) is 10.4. The second-order valence-electron chi connectivity index (χ2n) is 8.21. The van der Waals surface area contributed by atoms with Crippen molar-refractivity contribution >= 4 is 22.5 Å². The fraction of sp³-hybridized carbons (Fsp3) is 0.550. The molecule has 2 bridgehead atoms. The Balaban J connectivity index is 1.50. The number of hydrogen-bond acceptors (Lipinski definition) is 7. The zero-order chi connectivity index (χ0) is 19.4. The summed E-state index contributed by atoms with van der Waals surface area (Å²) in [6.07, 6.45) is 6.62. The lowest BCUT2D eigenvalue weighted by atomic mass is 10.1. The number of aromatic amines is 1. The summed E-state index contributed by atoms with van der Waals surface area (Å²) in [7, 11) is 0. The number of nitrogens with one attached hydrogen (secondary N) is 1. The van der Waals surface area contributed by atoms with Gasteiger partial charge in [-0.15, -0.1) is 0 Å². The molecule has 6 rings (SSSR count). The second-order valence-corrected chi connectivity index (χ2v) is 8.21. The Morgan fingerprint density at radius 1 is 1.17 bits per heavy atom. The van der Waals surface area contributed by atoms with Gasteiger partial charge in [0.15, 0.2) is 11.5 Å². The first-order chi connectivity index (χ1) is 14.3. The third kappa shape index (κ3) is 2.87. The van der Waals surface area contributed by atoms with E-state index in [1.54, 1.807) is 6.20 Å². The minimum absolute atomic E-state index is 0.303. The monoisotopic (exact) mass is 395 g/mol. The van der Waals surface area contributed by atoms with E-state index in [4.69, 9.17) is 14.5 Å². The normalized spacial score (nSPS) is 27.1. The summed E-state index contributed by atoms with van der Waals surface area (Å²) >= 11 is 0. The molecule has 3 aliphatic heterocycles. The van der Waals surface area contributed by atoms with Crippen LogP contribution in [0.4, 0.5) is 11.5 Å². The first-order valence-corrected chi connectivity index (χ1v) is 10.4. The van der Waals surface area contributed by atoms with Crippen LogP contribution in [0.15, 0.2) is 24.5 Å².